The molecular weight excluding hydrogens is 329 g/mol. The zero-order valence-electron chi connectivity index (χ0n) is 11.3. The van der Waals surface area contributed by atoms with E-state index in [1.54, 1.807) is 12.1 Å². The van der Waals surface area contributed by atoms with Crippen LogP contribution in [-0.4, -0.2) is 36.3 Å². The summed E-state index contributed by atoms with van der Waals surface area (Å²) in [6.07, 6.45) is 0.0846. The van der Waals surface area contributed by atoms with Crippen molar-refractivity contribution in [3.63, 3.8) is 0 Å². The number of anilines is 1. The van der Waals surface area contributed by atoms with Crippen LogP contribution in [0.4, 0.5) is 10.1 Å². The minimum atomic E-state index is -0.421. The van der Waals surface area contributed by atoms with Crippen molar-refractivity contribution in [1.82, 2.24) is 0 Å². The Kier molecular flexibility index (Phi) is 4.49. The molecule has 0 aliphatic carbocycles. The van der Waals surface area contributed by atoms with Crippen molar-refractivity contribution in [1.29, 1.82) is 0 Å². The third kappa shape index (κ3) is 2.88. The molecule has 1 aliphatic rings. The number of amidine groups is 1. The van der Waals surface area contributed by atoms with Crippen LogP contribution in [0.5, 0.6) is 0 Å². The molecule has 0 saturated carbocycles. The standard InChI is InChI=1S/C13H17BrFN3O2/c1-7-5-18(6-8(2)20-7)10-4-3-9(13(16)17-19)11(14)12(10)15/h3-4,7-8,19H,5-6H2,1-2H3,(H2,16,17). The van der Waals surface area contributed by atoms with E-state index in [9.17, 15) is 4.39 Å². The molecule has 0 aromatic heterocycles. The van der Waals surface area contributed by atoms with Gasteiger partial charge in [-0.15, -0.1) is 0 Å². The molecule has 7 heteroatoms. The number of hydrogen-bond donors (Lipinski definition) is 2. The molecule has 1 saturated heterocycles. The van der Waals surface area contributed by atoms with E-state index >= 15 is 0 Å². The fraction of sp³-hybridized carbons (Fsp3) is 0.462. The Morgan fingerprint density at radius 1 is 1.45 bits per heavy atom. The molecule has 20 heavy (non-hydrogen) atoms. The normalized spacial score (nSPS) is 24.0. The van der Waals surface area contributed by atoms with Gasteiger partial charge in [0.05, 0.1) is 22.4 Å². The minimum Gasteiger partial charge on any atom is -0.409 e. The first-order valence-electron chi connectivity index (χ1n) is 6.30. The summed E-state index contributed by atoms with van der Waals surface area (Å²) in [5.74, 6) is -0.554. The second-order valence-electron chi connectivity index (χ2n) is 4.91. The summed E-state index contributed by atoms with van der Waals surface area (Å²) >= 11 is 3.16. The molecule has 3 N–H and O–H groups in total. The van der Waals surface area contributed by atoms with Gasteiger partial charge in [-0.2, -0.15) is 0 Å². The molecular formula is C13H17BrFN3O2. The van der Waals surface area contributed by atoms with Gasteiger partial charge in [0.15, 0.2) is 11.7 Å². The summed E-state index contributed by atoms with van der Waals surface area (Å²) in [7, 11) is 0. The highest BCUT2D eigenvalue weighted by Crippen LogP contribution is 2.31. The molecule has 2 atom stereocenters. The van der Waals surface area contributed by atoms with E-state index in [2.05, 4.69) is 21.1 Å². The molecule has 0 radical (unpaired) electrons. The van der Waals surface area contributed by atoms with Gasteiger partial charge < -0.3 is 20.6 Å². The Morgan fingerprint density at radius 3 is 2.60 bits per heavy atom. The monoisotopic (exact) mass is 345 g/mol. The van der Waals surface area contributed by atoms with Gasteiger partial charge in [-0.3, -0.25) is 0 Å². The SMILES string of the molecule is CC1CN(c2ccc(/C(N)=N/O)c(Br)c2F)CC(C)O1. The maximum Gasteiger partial charge on any atom is 0.171 e. The summed E-state index contributed by atoms with van der Waals surface area (Å²) in [5.41, 5.74) is 6.31. The molecule has 0 amide bonds. The number of morpholine rings is 1. The Balaban J connectivity index is 2.36. The van der Waals surface area contributed by atoms with Crippen LogP contribution in [-0.2, 0) is 4.74 Å². The number of hydrogen-bond acceptors (Lipinski definition) is 4. The highest BCUT2D eigenvalue weighted by atomic mass is 79.9. The number of oxime groups is 1. The largest absolute Gasteiger partial charge is 0.409 e. The zero-order valence-corrected chi connectivity index (χ0v) is 12.9. The summed E-state index contributed by atoms with van der Waals surface area (Å²) < 4.78 is 20.3. The van der Waals surface area contributed by atoms with Crippen LogP contribution in [0.25, 0.3) is 0 Å². The van der Waals surface area contributed by atoms with E-state index in [1.807, 2.05) is 18.7 Å². The Hall–Kier alpha value is -1.34. The van der Waals surface area contributed by atoms with Gasteiger partial charge >= 0.3 is 0 Å². The van der Waals surface area contributed by atoms with Gasteiger partial charge in [0.25, 0.3) is 0 Å². The molecule has 2 unspecified atom stereocenters. The third-order valence-corrected chi connectivity index (χ3v) is 3.98. The second-order valence-corrected chi connectivity index (χ2v) is 5.70. The van der Waals surface area contributed by atoms with E-state index in [1.165, 1.54) is 0 Å². The van der Waals surface area contributed by atoms with Crippen molar-refractivity contribution in [3.8, 4) is 0 Å². The number of ether oxygens (including phenoxy) is 1. The first-order chi connectivity index (χ1) is 9.43. The summed E-state index contributed by atoms with van der Waals surface area (Å²) in [4.78, 5) is 1.94. The van der Waals surface area contributed by atoms with Crippen molar-refractivity contribution < 1.29 is 14.3 Å². The lowest BCUT2D eigenvalue weighted by Crippen LogP contribution is -2.45. The lowest BCUT2D eigenvalue weighted by atomic mass is 10.1. The molecule has 1 aromatic carbocycles. The fourth-order valence-corrected chi connectivity index (χ4v) is 2.95. The zero-order chi connectivity index (χ0) is 14.9. The van der Waals surface area contributed by atoms with Gasteiger partial charge in [0.2, 0.25) is 0 Å². The van der Waals surface area contributed by atoms with Gasteiger partial charge in [-0.1, -0.05) is 5.16 Å². The minimum absolute atomic E-state index is 0.0423. The average Bonchev–Trinajstić information content (AvgIpc) is 2.39. The van der Waals surface area contributed by atoms with Crippen LogP contribution in [0, 0.1) is 5.82 Å². The predicted octanol–water partition coefficient (Wildman–Crippen LogP) is 2.30. The van der Waals surface area contributed by atoms with Crippen molar-refractivity contribution >= 4 is 27.5 Å². The van der Waals surface area contributed by atoms with Crippen molar-refractivity contribution in [2.45, 2.75) is 26.1 Å². The molecule has 1 heterocycles. The highest BCUT2D eigenvalue weighted by Gasteiger charge is 2.26. The van der Waals surface area contributed by atoms with Crippen LogP contribution in [0.15, 0.2) is 21.8 Å². The highest BCUT2D eigenvalue weighted by molar-refractivity contribution is 9.10. The molecule has 1 aliphatic heterocycles. The molecule has 2 rings (SSSR count). The van der Waals surface area contributed by atoms with E-state index in [0.717, 1.165) is 0 Å². The number of nitrogens with two attached hydrogens (primary N) is 1. The number of nitrogens with zero attached hydrogens (tertiary/aromatic N) is 2. The summed E-state index contributed by atoms with van der Waals surface area (Å²) in [6.45, 7) is 5.16. The quantitative estimate of drug-likeness (QED) is 0.373. The van der Waals surface area contributed by atoms with Crippen molar-refractivity contribution in [2.75, 3.05) is 18.0 Å². The maximum atomic E-state index is 14.5. The summed E-state index contributed by atoms with van der Waals surface area (Å²) in [6, 6.07) is 3.26. The number of halogens is 2. The second kappa shape index (κ2) is 5.97. The Bertz CT molecular complexity index is 529. The molecule has 0 spiro atoms. The first kappa shape index (κ1) is 15.1. The molecule has 110 valence electrons. The van der Waals surface area contributed by atoms with Crippen LogP contribution < -0.4 is 10.6 Å². The number of benzene rings is 1. The van der Waals surface area contributed by atoms with E-state index < -0.39 is 5.82 Å². The summed E-state index contributed by atoms with van der Waals surface area (Å²) in [5, 5.41) is 11.6. The van der Waals surface area contributed by atoms with Gasteiger partial charge in [0.1, 0.15) is 0 Å². The van der Waals surface area contributed by atoms with Crippen LogP contribution in [0.1, 0.15) is 19.4 Å². The fourth-order valence-electron chi connectivity index (χ4n) is 2.41. The molecule has 1 aromatic rings. The smallest absolute Gasteiger partial charge is 0.171 e. The Morgan fingerprint density at radius 2 is 2.05 bits per heavy atom. The van der Waals surface area contributed by atoms with Crippen LogP contribution in [0.3, 0.4) is 0 Å². The lowest BCUT2D eigenvalue weighted by molar-refractivity contribution is -0.00539. The maximum absolute atomic E-state index is 14.5. The van der Waals surface area contributed by atoms with Gasteiger partial charge in [0, 0.05) is 18.7 Å². The van der Waals surface area contributed by atoms with Gasteiger partial charge in [-0.25, -0.2) is 4.39 Å². The van der Waals surface area contributed by atoms with Crippen LogP contribution in [0.2, 0.25) is 0 Å². The van der Waals surface area contributed by atoms with Gasteiger partial charge in [-0.05, 0) is 41.9 Å². The van der Waals surface area contributed by atoms with Crippen molar-refractivity contribution in [2.24, 2.45) is 10.9 Å². The topological polar surface area (TPSA) is 71.1 Å². The Labute approximate surface area is 125 Å². The molecule has 5 nitrogen and oxygen atoms in total. The molecule has 1 fully saturated rings. The van der Waals surface area contributed by atoms with E-state index in [0.29, 0.717) is 24.3 Å². The molecule has 0 bridgehead atoms. The van der Waals surface area contributed by atoms with E-state index in [4.69, 9.17) is 15.7 Å². The predicted molar refractivity (Wildman–Crippen MR) is 78.8 cm³/mol. The third-order valence-electron chi connectivity index (χ3n) is 3.21. The van der Waals surface area contributed by atoms with Crippen molar-refractivity contribution in [3.05, 3.63) is 28.0 Å². The van der Waals surface area contributed by atoms with Crippen LogP contribution >= 0.6 is 15.9 Å². The number of rotatable bonds is 2. The first-order valence-corrected chi connectivity index (χ1v) is 7.09. The average molecular weight is 346 g/mol. The lowest BCUT2D eigenvalue weighted by Gasteiger charge is -2.37. The van der Waals surface area contributed by atoms with E-state index in [-0.39, 0.29) is 22.5 Å².